The largest absolute Gasteiger partial charge is 0.381 e. The third-order valence-electron chi connectivity index (χ3n) is 6.76. The van der Waals surface area contributed by atoms with Gasteiger partial charge >= 0.3 is 10.2 Å². The van der Waals surface area contributed by atoms with Crippen LogP contribution in [0.1, 0.15) is 69.4 Å². The highest BCUT2D eigenvalue weighted by Gasteiger charge is 2.29. The molecule has 2 aromatic rings. The van der Waals surface area contributed by atoms with Crippen LogP contribution >= 0.6 is 0 Å². The highest BCUT2D eigenvalue weighted by molar-refractivity contribution is 7.87. The van der Waals surface area contributed by atoms with Crippen LogP contribution in [0.15, 0.2) is 18.3 Å². The van der Waals surface area contributed by atoms with Crippen LogP contribution in [-0.4, -0.2) is 54.8 Å². The molecule has 2 fully saturated rings. The molecule has 1 saturated heterocycles. The van der Waals surface area contributed by atoms with E-state index in [0.29, 0.717) is 19.1 Å². The summed E-state index contributed by atoms with van der Waals surface area (Å²) >= 11 is 0. The molecule has 0 spiro atoms. The fourth-order valence-corrected chi connectivity index (χ4v) is 6.76. The third kappa shape index (κ3) is 4.78. The quantitative estimate of drug-likeness (QED) is 0.676. The Morgan fingerprint density at radius 2 is 1.71 bits per heavy atom. The van der Waals surface area contributed by atoms with Crippen molar-refractivity contribution >= 4 is 26.8 Å². The van der Waals surface area contributed by atoms with Gasteiger partial charge in [0.1, 0.15) is 0 Å². The predicted molar refractivity (Wildman–Crippen MR) is 129 cm³/mol. The van der Waals surface area contributed by atoms with Gasteiger partial charge in [-0.2, -0.15) is 12.7 Å². The van der Waals surface area contributed by atoms with Crippen molar-refractivity contribution in [2.75, 3.05) is 32.5 Å². The van der Waals surface area contributed by atoms with Crippen molar-refractivity contribution in [1.82, 2.24) is 13.2 Å². The van der Waals surface area contributed by atoms with Gasteiger partial charge in [0, 0.05) is 37.3 Å². The Kier molecular flexibility index (Phi) is 6.94. The maximum Gasteiger partial charge on any atom is 0.308 e. The molecule has 172 valence electrons. The zero-order valence-corrected chi connectivity index (χ0v) is 20.2. The summed E-state index contributed by atoms with van der Waals surface area (Å²) in [6.45, 7) is 4.11. The van der Waals surface area contributed by atoms with Crippen molar-refractivity contribution in [2.24, 2.45) is 0 Å². The van der Waals surface area contributed by atoms with E-state index in [4.69, 9.17) is 0 Å². The second-order valence-corrected chi connectivity index (χ2v) is 11.3. The van der Waals surface area contributed by atoms with E-state index in [1.54, 1.807) is 8.28 Å². The highest BCUT2D eigenvalue weighted by Crippen LogP contribution is 2.35. The Balaban J connectivity index is 1.87. The molecule has 0 unspecified atom stereocenters. The van der Waals surface area contributed by atoms with Crippen molar-refractivity contribution in [3.8, 4) is 0 Å². The summed E-state index contributed by atoms with van der Waals surface area (Å²) in [6, 6.07) is 4.79. The normalized spacial score (nSPS) is 19.4. The van der Waals surface area contributed by atoms with Gasteiger partial charge in [-0.05, 0) is 69.5 Å². The number of hydrogen-bond donors (Lipinski definition) is 1. The molecule has 1 saturated carbocycles. The topological polar surface area (TPSA) is 57.6 Å². The zero-order chi connectivity index (χ0) is 22.0. The van der Waals surface area contributed by atoms with Crippen LogP contribution in [0.25, 0.3) is 10.9 Å². The van der Waals surface area contributed by atoms with Crippen LogP contribution in [0.4, 0.5) is 5.69 Å². The Hall–Kier alpha value is -1.57. The molecule has 7 heteroatoms. The lowest BCUT2D eigenvalue weighted by molar-refractivity contribution is 0.343. The molecular formula is C24H38N4O2S. The average Bonchev–Trinajstić information content (AvgIpc) is 3.14. The van der Waals surface area contributed by atoms with Gasteiger partial charge in [-0.1, -0.05) is 32.6 Å². The second-order valence-electron chi connectivity index (χ2n) is 9.53. The lowest BCUT2D eigenvalue weighted by Gasteiger charge is -2.28. The molecule has 2 heterocycles. The summed E-state index contributed by atoms with van der Waals surface area (Å²) in [5.74, 6) is 0. The van der Waals surface area contributed by atoms with E-state index in [1.807, 2.05) is 20.3 Å². The number of fused-ring (bicyclic) bond motifs is 1. The number of aryl methyl sites for hydroxylation is 1. The predicted octanol–water partition coefficient (Wildman–Crippen LogP) is 4.59. The van der Waals surface area contributed by atoms with Crippen LogP contribution in [0.3, 0.4) is 0 Å². The first-order valence-electron chi connectivity index (χ1n) is 12.0. The monoisotopic (exact) mass is 446 g/mol. The number of nitrogens with one attached hydrogen (secondary N) is 1. The summed E-state index contributed by atoms with van der Waals surface area (Å²) in [4.78, 5) is 2.11. The van der Waals surface area contributed by atoms with E-state index in [1.165, 1.54) is 24.8 Å². The molecule has 1 aliphatic heterocycles. The summed E-state index contributed by atoms with van der Waals surface area (Å²) < 4.78 is 30.7. The van der Waals surface area contributed by atoms with Gasteiger partial charge in [0.25, 0.3) is 0 Å². The molecule has 0 bridgehead atoms. The van der Waals surface area contributed by atoms with E-state index < -0.39 is 10.2 Å². The van der Waals surface area contributed by atoms with Gasteiger partial charge in [0.2, 0.25) is 0 Å². The van der Waals surface area contributed by atoms with E-state index >= 15 is 0 Å². The second kappa shape index (κ2) is 9.51. The van der Waals surface area contributed by atoms with Crippen LogP contribution in [-0.2, 0) is 23.2 Å². The van der Waals surface area contributed by atoms with Gasteiger partial charge in [-0.25, -0.2) is 3.97 Å². The summed E-state index contributed by atoms with van der Waals surface area (Å²) in [5.41, 5.74) is 4.12. The Morgan fingerprint density at radius 1 is 1.03 bits per heavy atom. The minimum Gasteiger partial charge on any atom is -0.381 e. The van der Waals surface area contributed by atoms with Gasteiger partial charge in [-0.3, -0.25) is 0 Å². The summed E-state index contributed by atoms with van der Waals surface area (Å²) in [7, 11) is 0.475. The van der Waals surface area contributed by atoms with Crippen LogP contribution < -0.4 is 5.32 Å². The lowest BCUT2D eigenvalue weighted by Crippen LogP contribution is -2.39. The molecule has 1 N–H and O–H groups in total. The molecule has 2 aliphatic rings. The molecular weight excluding hydrogens is 408 g/mol. The number of benzene rings is 1. The van der Waals surface area contributed by atoms with E-state index in [0.717, 1.165) is 67.2 Å². The molecule has 1 aromatic carbocycles. The van der Waals surface area contributed by atoms with Crippen molar-refractivity contribution in [1.29, 1.82) is 0 Å². The van der Waals surface area contributed by atoms with Gasteiger partial charge in [0.05, 0.1) is 11.2 Å². The van der Waals surface area contributed by atoms with E-state index in [2.05, 4.69) is 29.3 Å². The standard InChI is InChI=1S/C24H38N4O2S/c1-4-19-15-22-20(17-26(2)3)18-28(31(29,30)27-13-9-6-10-14-27)24(22)23(16-19)25-21-11-7-5-8-12-21/h15-16,18,21,25H,4-14,17H2,1-3H3. The molecule has 1 aromatic heterocycles. The van der Waals surface area contributed by atoms with Crippen molar-refractivity contribution in [3.05, 3.63) is 29.5 Å². The number of anilines is 1. The van der Waals surface area contributed by atoms with Crippen molar-refractivity contribution in [2.45, 2.75) is 77.3 Å². The van der Waals surface area contributed by atoms with E-state index in [9.17, 15) is 8.42 Å². The lowest BCUT2D eigenvalue weighted by atomic mass is 9.95. The molecule has 0 amide bonds. The number of nitrogens with zero attached hydrogens (tertiary/aromatic N) is 3. The van der Waals surface area contributed by atoms with Gasteiger partial charge < -0.3 is 10.2 Å². The molecule has 4 rings (SSSR count). The molecule has 1 aliphatic carbocycles. The minimum atomic E-state index is -3.59. The molecule has 0 atom stereocenters. The zero-order valence-electron chi connectivity index (χ0n) is 19.4. The smallest absolute Gasteiger partial charge is 0.308 e. The molecule has 31 heavy (non-hydrogen) atoms. The van der Waals surface area contributed by atoms with Gasteiger partial charge in [-0.15, -0.1) is 0 Å². The maximum absolute atomic E-state index is 13.7. The fraction of sp³-hybridized carbons (Fsp3) is 0.667. The number of aromatic nitrogens is 1. The van der Waals surface area contributed by atoms with E-state index in [-0.39, 0.29) is 0 Å². The Labute approximate surface area is 187 Å². The van der Waals surface area contributed by atoms with Gasteiger partial charge in [0.15, 0.2) is 0 Å². The molecule has 0 radical (unpaired) electrons. The maximum atomic E-state index is 13.7. The first-order valence-corrected chi connectivity index (χ1v) is 13.4. The van der Waals surface area contributed by atoms with Crippen LogP contribution in [0.2, 0.25) is 0 Å². The average molecular weight is 447 g/mol. The first-order chi connectivity index (χ1) is 14.9. The summed E-state index contributed by atoms with van der Waals surface area (Å²) in [6.07, 6.45) is 11.9. The molecule has 6 nitrogen and oxygen atoms in total. The third-order valence-corrected chi connectivity index (χ3v) is 8.56. The fourth-order valence-electron chi connectivity index (χ4n) is 5.10. The Morgan fingerprint density at radius 3 is 2.35 bits per heavy atom. The first kappa shape index (κ1) is 22.6. The number of piperidine rings is 1. The van der Waals surface area contributed by atoms with Crippen molar-refractivity contribution in [3.63, 3.8) is 0 Å². The van der Waals surface area contributed by atoms with Crippen LogP contribution in [0.5, 0.6) is 0 Å². The SMILES string of the molecule is CCc1cc(NC2CCCCC2)c2c(c1)c(CN(C)C)cn2S(=O)(=O)N1CCCCC1. The summed E-state index contributed by atoms with van der Waals surface area (Å²) in [5, 5.41) is 4.83. The Bertz CT molecular complexity index is 1000. The van der Waals surface area contributed by atoms with Crippen molar-refractivity contribution < 1.29 is 8.42 Å². The number of hydrogen-bond acceptors (Lipinski definition) is 4. The van der Waals surface area contributed by atoms with Crippen LogP contribution in [0, 0.1) is 0 Å². The minimum absolute atomic E-state index is 0.419. The number of rotatable bonds is 7. The highest BCUT2D eigenvalue weighted by atomic mass is 32.2.